The van der Waals surface area contributed by atoms with Gasteiger partial charge in [0.05, 0.1) is 6.54 Å². The molecule has 1 saturated heterocycles. The van der Waals surface area contributed by atoms with Crippen molar-refractivity contribution in [3.8, 4) is 0 Å². The van der Waals surface area contributed by atoms with E-state index in [1.807, 2.05) is 0 Å². The lowest BCUT2D eigenvalue weighted by atomic mass is 10.0. The molecule has 0 radical (unpaired) electrons. The Kier molecular flexibility index (Phi) is 6.74. The van der Waals surface area contributed by atoms with Crippen molar-refractivity contribution in [1.82, 2.24) is 10.2 Å². The number of likely N-dealkylation sites (tertiary alicyclic amines) is 1. The van der Waals surface area contributed by atoms with Gasteiger partial charge in [-0.2, -0.15) is 0 Å². The van der Waals surface area contributed by atoms with Crippen LogP contribution < -0.4 is 11.1 Å². The van der Waals surface area contributed by atoms with Crippen molar-refractivity contribution in [2.45, 2.75) is 37.9 Å². The number of primary amides is 1. The molecule has 1 aliphatic rings. The Bertz CT molecular complexity index is 993. The summed E-state index contributed by atoms with van der Waals surface area (Å²) in [5.41, 5.74) is 5.48. The van der Waals surface area contributed by atoms with E-state index in [1.54, 1.807) is 30.3 Å². The molecule has 2 aromatic carbocycles. The number of hydrogen-bond acceptors (Lipinski definition) is 4. The summed E-state index contributed by atoms with van der Waals surface area (Å²) in [4.78, 5) is 50.0. The van der Waals surface area contributed by atoms with Crippen molar-refractivity contribution in [2.75, 3.05) is 0 Å². The SMILES string of the molecule is NC(=O)C(=O)C(Cc1ccccc1)NC(=O)C1CCC(=O)N1Cc1c(F)cccc1F. The molecule has 0 bridgehead atoms. The van der Waals surface area contributed by atoms with E-state index >= 15 is 0 Å². The first kappa shape index (κ1) is 22.1. The average Bonchev–Trinajstić information content (AvgIpc) is 3.10. The topological polar surface area (TPSA) is 110 Å². The zero-order chi connectivity index (χ0) is 22.5. The van der Waals surface area contributed by atoms with Crippen LogP contribution in [0.3, 0.4) is 0 Å². The third-order valence-corrected chi connectivity index (χ3v) is 5.18. The van der Waals surface area contributed by atoms with E-state index in [9.17, 15) is 28.0 Å². The van der Waals surface area contributed by atoms with Crippen LogP contribution in [0.5, 0.6) is 0 Å². The van der Waals surface area contributed by atoms with Gasteiger partial charge in [0.1, 0.15) is 23.7 Å². The molecule has 3 rings (SSSR count). The van der Waals surface area contributed by atoms with Crippen molar-refractivity contribution < 1.29 is 28.0 Å². The van der Waals surface area contributed by atoms with Crippen LogP contribution >= 0.6 is 0 Å². The van der Waals surface area contributed by atoms with Gasteiger partial charge < -0.3 is 16.0 Å². The Morgan fingerprint density at radius 3 is 2.32 bits per heavy atom. The van der Waals surface area contributed by atoms with Crippen LogP contribution in [0.1, 0.15) is 24.0 Å². The summed E-state index contributed by atoms with van der Waals surface area (Å²) in [7, 11) is 0. The molecule has 162 valence electrons. The van der Waals surface area contributed by atoms with Crippen LogP contribution in [0.25, 0.3) is 0 Å². The Morgan fingerprint density at radius 2 is 1.71 bits per heavy atom. The van der Waals surface area contributed by atoms with Crippen LogP contribution in [0.4, 0.5) is 8.78 Å². The number of benzene rings is 2. The molecule has 0 spiro atoms. The summed E-state index contributed by atoms with van der Waals surface area (Å²) in [6, 6.07) is 9.77. The highest BCUT2D eigenvalue weighted by Gasteiger charge is 2.38. The van der Waals surface area contributed by atoms with Crippen molar-refractivity contribution in [1.29, 1.82) is 0 Å². The number of hydrogen-bond donors (Lipinski definition) is 2. The predicted octanol–water partition coefficient (Wildman–Crippen LogP) is 1.24. The number of carbonyl (C=O) groups excluding carboxylic acids is 4. The maximum absolute atomic E-state index is 14.0. The van der Waals surface area contributed by atoms with Gasteiger partial charge in [0, 0.05) is 18.4 Å². The number of Topliss-reactive ketones (excluding diaryl/α,β-unsaturated/α-hetero) is 1. The van der Waals surface area contributed by atoms with Crippen LogP contribution in [0.15, 0.2) is 48.5 Å². The van der Waals surface area contributed by atoms with E-state index in [2.05, 4.69) is 5.32 Å². The minimum Gasteiger partial charge on any atom is -0.363 e. The van der Waals surface area contributed by atoms with Crippen LogP contribution in [-0.2, 0) is 32.1 Å². The van der Waals surface area contributed by atoms with Gasteiger partial charge in [-0.25, -0.2) is 8.78 Å². The molecule has 1 heterocycles. The van der Waals surface area contributed by atoms with Gasteiger partial charge in [0.15, 0.2) is 0 Å². The van der Waals surface area contributed by atoms with E-state index in [-0.39, 0.29) is 24.8 Å². The molecular weight excluding hydrogens is 408 g/mol. The molecular formula is C22H21F2N3O4. The first-order chi connectivity index (χ1) is 14.8. The van der Waals surface area contributed by atoms with Gasteiger partial charge in [-0.05, 0) is 24.1 Å². The fourth-order valence-corrected chi connectivity index (χ4v) is 3.56. The molecule has 1 aliphatic heterocycles. The van der Waals surface area contributed by atoms with Crippen molar-refractivity contribution in [3.63, 3.8) is 0 Å². The monoisotopic (exact) mass is 429 g/mol. The average molecular weight is 429 g/mol. The molecule has 0 aliphatic carbocycles. The first-order valence-corrected chi connectivity index (χ1v) is 9.68. The zero-order valence-corrected chi connectivity index (χ0v) is 16.5. The summed E-state index contributed by atoms with van der Waals surface area (Å²) >= 11 is 0. The molecule has 0 aromatic heterocycles. The number of rotatable bonds is 8. The normalized spacial score (nSPS) is 16.8. The van der Waals surface area contributed by atoms with Crippen LogP contribution in [0.2, 0.25) is 0 Å². The number of nitrogens with zero attached hydrogens (tertiary/aromatic N) is 1. The quantitative estimate of drug-likeness (QED) is 0.615. The van der Waals surface area contributed by atoms with Crippen molar-refractivity contribution in [2.24, 2.45) is 5.73 Å². The first-order valence-electron chi connectivity index (χ1n) is 9.68. The summed E-state index contributed by atoms with van der Waals surface area (Å²) in [6.45, 7) is -0.428. The van der Waals surface area contributed by atoms with Gasteiger partial charge >= 0.3 is 0 Å². The van der Waals surface area contributed by atoms with Crippen LogP contribution in [0, 0.1) is 11.6 Å². The molecule has 2 aromatic rings. The molecule has 3 amide bonds. The highest BCUT2D eigenvalue weighted by Crippen LogP contribution is 2.24. The van der Waals surface area contributed by atoms with Gasteiger partial charge in [0.2, 0.25) is 17.6 Å². The Labute approximate surface area is 177 Å². The third kappa shape index (κ3) is 5.11. The molecule has 0 saturated carbocycles. The minimum atomic E-state index is -1.23. The molecule has 7 nitrogen and oxygen atoms in total. The molecule has 3 N–H and O–H groups in total. The lowest BCUT2D eigenvalue weighted by Gasteiger charge is -2.26. The van der Waals surface area contributed by atoms with Crippen molar-refractivity contribution >= 4 is 23.5 Å². The lowest BCUT2D eigenvalue weighted by molar-refractivity contribution is -0.140. The molecule has 9 heteroatoms. The third-order valence-electron chi connectivity index (χ3n) is 5.18. The fraction of sp³-hybridized carbons (Fsp3) is 0.273. The van der Waals surface area contributed by atoms with E-state index in [1.165, 1.54) is 6.07 Å². The van der Waals surface area contributed by atoms with E-state index in [4.69, 9.17) is 5.73 Å². The molecule has 2 unspecified atom stereocenters. The number of nitrogens with one attached hydrogen (secondary N) is 1. The highest BCUT2D eigenvalue weighted by atomic mass is 19.1. The molecule has 31 heavy (non-hydrogen) atoms. The second-order valence-corrected chi connectivity index (χ2v) is 7.26. The Morgan fingerprint density at radius 1 is 1.06 bits per heavy atom. The largest absolute Gasteiger partial charge is 0.363 e. The van der Waals surface area contributed by atoms with Gasteiger partial charge in [-0.1, -0.05) is 36.4 Å². The number of nitrogens with two attached hydrogens (primary N) is 1. The smallest absolute Gasteiger partial charge is 0.287 e. The fourth-order valence-electron chi connectivity index (χ4n) is 3.56. The maximum atomic E-state index is 14.0. The Hall–Kier alpha value is -3.62. The maximum Gasteiger partial charge on any atom is 0.287 e. The van der Waals surface area contributed by atoms with E-state index in [0.29, 0.717) is 5.56 Å². The van der Waals surface area contributed by atoms with Crippen LogP contribution in [-0.4, -0.2) is 40.5 Å². The summed E-state index contributed by atoms with van der Waals surface area (Å²) in [5, 5.41) is 2.48. The second-order valence-electron chi connectivity index (χ2n) is 7.26. The van der Waals surface area contributed by atoms with Gasteiger partial charge in [-0.3, -0.25) is 19.2 Å². The number of carbonyl (C=O) groups is 4. The number of halogens is 2. The summed E-state index contributed by atoms with van der Waals surface area (Å²) < 4.78 is 28.1. The number of ketones is 1. The predicted molar refractivity (Wildman–Crippen MR) is 106 cm³/mol. The zero-order valence-electron chi connectivity index (χ0n) is 16.5. The molecule has 2 atom stereocenters. The summed E-state index contributed by atoms with van der Waals surface area (Å²) in [5.74, 6) is -4.97. The second kappa shape index (κ2) is 9.46. The standard InChI is InChI=1S/C22H21F2N3O4/c23-15-7-4-8-16(24)14(15)12-27-18(9-10-19(27)28)22(31)26-17(20(29)21(25)30)11-13-5-2-1-3-6-13/h1-8,17-18H,9-12H2,(H2,25,30)(H,26,31). The summed E-state index contributed by atoms with van der Waals surface area (Å²) in [6.07, 6.45) is 0.155. The Balaban J connectivity index is 1.79. The van der Waals surface area contributed by atoms with E-state index in [0.717, 1.165) is 17.0 Å². The van der Waals surface area contributed by atoms with Gasteiger partial charge in [-0.15, -0.1) is 0 Å². The van der Waals surface area contributed by atoms with Crippen molar-refractivity contribution in [3.05, 3.63) is 71.3 Å². The number of amides is 3. The van der Waals surface area contributed by atoms with Gasteiger partial charge in [0.25, 0.3) is 5.91 Å². The van der Waals surface area contributed by atoms with E-state index < -0.39 is 53.8 Å². The lowest BCUT2D eigenvalue weighted by Crippen LogP contribution is -2.53. The minimum absolute atomic E-state index is 0.0152. The molecule has 1 fully saturated rings. The highest BCUT2D eigenvalue weighted by molar-refractivity contribution is 6.37.